The summed E-state index contributed by atoms with van der Waals surface area (Å²) in [5.74, 6) is -1.59. The van der Waals surface area contributed by atoms with Gasteiger partial charge < -0.3 is 10.4 Å². The van der Waals surface area contributed by atoms with E-state index in [1.165, 1.54) is 12.1 Å². The lowest BCUT2D eigenvalue weighted by Gasteiger charge is -2.10. The summed E-state index contributed by atoms with van der Waals surface area (Å²) in [4.78, 5) is 28.1. The Kier molecular flexibility index (Phi) is 6.03. The Morgan fingerprint density at radius 3 is 2.42 bits per heavy atom. The highest BCUT2D eigenvalue weighted by atomic mass is 32.1. The van der Waals surface area contributed by atoms with Crippen molar-refractivity contribution in [2.24, 2.45) is 5.92 Å². The van der Waals surface area contributed by atoms with E-state index in [0.717, 1.165) is 24.2 Å². The fraction of sp³-hybridized carbons (Fsp3) is 0.353. The van der Waals surface area contributed by atoms with Gasteiger partial charge in [-0.2, -0.15) is 0 Å². The lowest BCUT2D eigenvalue weighted by molar-refractivity contribution is -0.136. The molecule has 0 aliphatic rings. The number of halogens is 1. The molecule has 0 aliphatic heterocycles. The molecule has 5 nitrogen and oxygen atoms in total. The van der Waals surface area contributed by atoms with Gasteiger partial charge in [-0.05, 0) is 37.1 Å². The van der Waals surface area contributed by atoms with E-state index >= 15 is 0 Å². The molecule has 24 heavy (non-hydrogen) atoms. The topological polar surface area (TPSA) is 79.3 Å². The van der Waals surface area contributed by atoms with Crippen LogP contribution in [0.5, 0.6) is 0 Å². The molecule has 7 heteroatoms. The molecule has 0 bridgehead atoms. The first kappa shape index (κ1) is 18.1. The highest BCUT2D eigenvalue weighted by molar-refractivity contribution is 7.16. The maximum absolute atomic E-state index is 13.1. The second kappa shape index (κ2) is 8.01. The molecule has 0 spiro atoms. The number of nitrogens with zero attached hydrogens (tertiary/aromatic N) is 1. The SMILES string of the molecule is CCC(CC)C(=O)Nc1nc(-c2ccc(F)cc2)c(CC(=O)O)s1. The summed E-state index contributed by atoms with van der Waals surface area (Å²) in [5, 5.41) is 12.2. The fourth-order valence-electron chi connectivity index (χ4n) is 2.36. The Labute approximate surface area is 143 Å². The maximum Gasteiger partial charge on any atom is 0.308 e. The number of carboxylic acids is 1. The van der Waals surface area contributed by atoms with Crippen LogP contribution in [-0.2, 0) is 16.0 Å². The van der Waals surface area contributed by atoms with Crippen molar-refractivity contribution in [2.75, 3.05) is 5.32 Å². The predicted molar refractivity (Wildman–Crippen MR) is 91.5 cm³/mol. The van der Waals surface area contributed by atoms with Crippen molar-refractivity contribution in [3.63, 3.8) is 0 Å². The fourth-order valence-corrected chi connectivity index (χ4v) is 3.34. The molecule has 0 aliphatic carbocycles. The number of rotatable bonds is 7. The van der Waals surface area contributed by atoms with E-state index in [4.69, 9.17) is 5.11 Å². The quantitative estimate of drug-likeness (QED) is 0.792. The molecule has 0 unspecified atom stereocenters. The van der Waals surface area contributed by atoms with Crippen molar-refractivity contribution in [3.05, 3.63) is 35.0 Å². The largest absolute Gasteiger partial charge is 0.481 e. The minimum atomic E-state index is -0.986. The molecule has 0 atom stereocenters. The van der Waals surface area contributed by atoms with Crippen LogP contribution in [0.2, 0.25) is 0 Å². The van der Waals surface area contributed by atoms with Crippen LogP contribution in [0.25, 0.3) is 11.3 Å². The first-order chi connectivity index (χ1) is 11.4. The average Bonchev–Trinajstić information content (AvgIpc) is 2.90. The Morgan fingerprint density at radius 1 is 1.25 bits per heavy atom. The van der Waals surface area contributed by atoms with Crippen molar-refractivity contribution in [1.82, 2.24) is 4.98 Å². The Hall–Kier alpha value is -2.28. The van der Waals surface area contributed by atoms with Gasteiger partial charge in [0.2, 0.25) is 5.91 Å². The second-order valence-corrected chi connectivity index (χ2v) is 6.45. The number of nitrogens with one attached hydrogen (secondary N) is 1. The lowest BCUT2D eigenvalue weighted by Crippen LogP contribution is -2.21. The van der Waals surface area contributed by atoms with E-state index < -0.39 is 5.97 Å². The summed E-state index contributed by atoms with van der Waals surface area (Å²) >= 11 is 1.14. The normalized spacial score (nSPS) is 10.8. The molecule has 128 valence electrons. The third-order valence-corrected chi connectivity index (χ3v) is 4.68. The number of benzene rings is 1. The standard InChI is InChI=1S/C17H19FN2O3S/c1-3-10(4-2)16(23)20-17-19-15(13(24-17)9-14(21)22)11-5-7-12(18)8-6-11/h5-8,10H,3-4,9H2,1-2H3,(H,21,22)(H,19,20,23). The molecular formula is C17H19FN2O3S. The molecule has 1 aromatic carbocycles. The Balaban J connectivity index is 2.32. The zero-order valence-electron chi connectivity index (χ0n) is 13.5. The zero-order chi connectivity index (χ0) is 17.7. The number of carboxylic acid groups (broad SMARTS) is 1. The molecule has 0 fully saturated rings. The van der Waals surface area contributed by atoms with E-state index in [1.807, 2.05) is 13.8 Å². The van der Waals surface area contributed by atoms with E-state index in [2.05, 4.69) is 10.3 Å². The summed E-state index contributed by atoms with van der Waals surface area (Å²) < 4.78 is 13.1. The van der Waals surface area contributed by atoms with Crippen LogP contribution in [0.15, 0.2) is 24.3 Å². The molecule has 2 N–H and O–H groups in total. The van der Waals surface area contributed by atoms with Crippen LogP contribution >= 0.6 is 11.3 Å². The first-order valence-electron chi connectivity index (χ1n) is 7.72. The predicted octanol–water partition coefficient (Wildman–Crippen LogP) is 3.95. The molecule has 2 rings (SSSR count). The monoisotopic (exact) mass is 350 g/mol. The average molecular weight is 350 g/mol. The number of hydrogen-bond donors (Lipinski definition) is 2. The number of aliphatic carboxylic acids is 1. The van der Waals surface area contributed by atoms with Gasteiger partial charge in [-0.1, -0.05) is 13.8 Å². The van der Waals surface area contributed by atoms with E-state index in [0.29, 0.717) is 21.3 Å². The summed E-state index contributed by atoms with van der Waals surface area (Å²) in [6, 6.07) is 5.67. The van der Waals surface area contributed by atoms with Gasteiger partial charge in [0.1, 0.15) is 5.82 Å². The first-order valence-corrected chi connectivity index (χ1v) is 8.54. The molecular weight excluding hydrogens is 331 g/mol. The Morgan fingerprint density at radius 2 is 1.88 bits per heavy atom. The van der Waals surface area contributed by atoms with Crippen molar-refractivity contribution in [2.45, 2.75) is 33.1 Å². The minimum absolute atomic E-state index is 0.105. The summed E-state index contributed by atoms with van der Waals surface area (Å²) in [6.07, 6.45) is 1.24. The van der Waals surface area contributed by atoms with Crippen LogP contribution in [0.4, 0.5) is 9.52 Å². The number of hydrogen-bond acceptors (Lipinski definition) is 4. The van der Waals surface area contributed by atoms with Gasteiger partial charge >= 0.3 is 5.97 Å². The Bertz CT molecular complexity index is 724. The highest BCUT2D eigenvalue weighted by Gasteiger charge is 2.20. The molecule has 1 heterocycles. The van der Waals surface area contributed by atoms with Crippen molar-refractivity contribution >= 4 is 28.3 Å². The minimum Gasteiger partial charge on any atom is -0.481 e. The second-order valence-electron chi connectivity index (χ2n) is 5.37. The van der Waals surface area contributed by atoms with Crippen molar-refractivity contribution < 1.29 is 19.1 Å². The maximum atomic E-state index is 13.1. The number of amides is 1. The van der Waals surface area contributed by atoms with Crippen molar-refractivity contribution in [1.29, 1.82) is 0 Å². The van der Waals surface area contributed by atoms with Crippen LogP contribution in [0.3, 0.4) is 0 Å². The van der Waals surface area contributed by atoms with Crippen LogP contribution < -0.4 is 5.32 Å². The number of carbonyl (C=O) groups is 2. The van der Waals surface area contributed by atoms with Gasteiger partial charge in [0.05, 0.1) is 12.1 Å². The van der Waals surface area contributed by atoms with Gasteiger partial charge in [0.15, 0.2) is 5.13 Å². The summed E-state index contributed by atoms with van der Waals surface area (Å²) in [7, 11) is 0. The molecule has 0 radical (unpaired) electrons. The van der Waals surface area contributed by atoms with Crippen LogP contribution in [0, 0.1) is 11.7 Å². The van der Waals surface area contributed by atoms with E-state index in [9.17, 15) is 14.0 Å². The van der Waals surface area contributed by atoms with E-state index in [1.54, 1.807) is 12.1 Å². The summed E-state index contributed by atoms with van der Waals surface area (Å²) in [6.45, 7) is 3.88. The molecule has 1 amide bonds. The molecule has 0 saturated carbocycles. The van der Waals surface area contributed by atoms with E-state index in [-0.39, 0.29) is 24.1 Å². The molecule has 1 aromatic heterocycles. The molecule has 0 saturated heterocycles. The van der Waals surface area contributed by atoms with Gasteiger partial charge in [-0.3, -0.25) is 9.59 Å². The molecule has 2 aromatic rings. The number of anilines is 1. The van der Waals surface area contributed by atoms with Gasteiger partial charge in [-0.25, -0.2) is 9.37 Å². The zero-order valence-corrected chi connectivity index (χ0v) is 14.3. The smallest absolute Gasteiger partial charge is 0.308 e. The summed E-state index contributed by atoms with van der Waals surface area (Å²) in [5.41, 5.74) is 1.08. The highest BCUT2D eigenvalue weighted by Crippen LogP contribution is 2.32. The van der Waals surface area contributed by atoms with Gasteiger partial charge in [0, 0.05) is 16.4 Å². The van der Waals surface area contributed by atoms with Crippen molar-refractivity contribution in [3.8, 4) is 11.3 Å². The third-order valence-electron chi connectivity index (χ3n) is 3.71. The third kappa shape index (κ3) is 4.38. The number of thiazole rings is 1. The number of aromatic nitrogens is 1. The van der Waals surface area contributed by atoms with Crippen LogP contribution in [0.1, 0.15) is 31.6 Å². The van der Waals surface area contributed by atoms with Gasteiger partial charge in [0.25, 0.3) is 0 Å². The number of carbonyl (C=O) groups excluding carboxylic acids is 1. The van der Waals surface area contributed by atoms with Crippen LogP contribution in [-0.4, -0.2) is 22.0 Å². The lowest BCUT2D eigenvalue weighted by atomic mass is 10.0. The van der Waals surface area contributed by atoms with Gasteiger partial charge in [-0.15, -0.1) is 11.3 Å².